The van der Waals surface area contributed by atoms with Gasteiger partial charge in [0.1, 0.15) is 23.3 Å². The number of nitrogens with one attached hydrogen (secondary N) is 1. The van der Waals surface area contributed by atoms with E-state index in [0.717, 1.165) is 24.3 Å². The van der Waals surface area contributed by atoms with Crippen LogP contribution in [0, 0.1) is 5.82 Å². The molecule has 9 nitrogen and oxygen atoms in total. The van der Waals surface area contributed by atoms with Crippen LogP contribution in [0.25, 0.3) is 0 Å². The van der Waals surface area contributed by atoms with Crippen molar-refractivity contribution in [1.82, 2.24) is 5.32 Å². The lowest BCUT2D eigenvalue weighted by Crippen LogP contribution is -2.54. The maximum Gasteiger partial charge on any atom is 0.430 e. The predicted octanol–water partition coefficient (Wildman–Crippen LogP) is 5.63. The summed E-state index contributed by atoms with van der Waals surface area (Å²) < 4.78 is 130. The summed E-state index contributed by atoms with van der Waals surface area (Å²) in [5.41, 5.74) is -8.26. The monoisotopic (exact) mass is 732 g/mol. The van der Waals surface area contributed by atoms with Crippen LogP contribution < -0.4 is 14.4 Å². The number of aliphatic hydroxyl groups is 2. The Balaban J connectivity index is 1.55. The highest BCUT2D eigenvalue weighted by Crippen LogP contribution is 2.51. The van der Waals surface area contributed by atoms with E-state index in [9.17, 15) is 59.0 Å². The van der Waals surface area contributed by atoms with Gasteiger partial charge >= 0.3 is 12.4 Å². The van der Waals surface area contributed by atoms with E-state index in [0.29, 0.717) is 22.5 Å². The van der Waals surface area contributed by atoms with Crippen LogP contribution in [0.2, 0.25) is 0 Å². The average molecular weight is 733 g/mol. The van der Waals surface area contributed by atoms with Gasteiger partial charge in [0.15, 0.2) is 5.78 Å². The normalized spacial score (nSPS) is 20.7. The van der Waals surface area contributed by atoms with Gasteiger partial charge in [-0.2, -0.15) is 26.3 Å². The molecule has 2 aliphatic rings. The van der Waals surface area contributed by atoms with Crippen molar-refractivity contribution in [3.8, 4) is 5.75 Å². The van der Waals surface area contributed by atoms with Gasteiger partial charge in [-0.3, -0.25) is 13.9 Å². The Hall–Kier alpha value is -4.22. The molecule has 0 bridgehead atoms. The van der Waals surface area contributed by atoms with E-state index >= 15 is 0 Å². The Morgan fingerprint density at radius 3 is 2.18 bits per heavy atom. The molecule has 2 aliphatic heterocycles. The quantitative estimate of drug-likeness (QED) is 0.212. The summed E-state index contributed by atoms with van der Waals surface area (Å²) >= 11 is 0. The first kappa shape index (κ1) is 37.0. The van der Waals surface area contributed by atoms with Crippen LogP contribution in [-0.4, -0.2) is 60.4 Å². The number of benzene rings is 3. The van der Waals surface area contributed by atoms with E-state index in [4.69, 9.17) is 4.74 Å². The number of aryl methyl sites for hydroxylation is 1. The minimum absolute atomic E-state index is 0.251. The van der Waals surface area contributed by atoms with Gasteiger partial charge in [-0.05, 0) is 87.7 Å². The molecular weight excluding hydrogens is 701 g/mol. The van der Waals surface area contributed by atoms with Gasteiger partial charge in [-0.1, -0.05) is 12.1 Å². The van der Waals surface area contributed by atoms with Gasteiger partial charge in [0.05, 0.1) is 22.7 Å². The van der Waals surface area contributed by atoms with Crippen LogP contribution in [-0.2, 0) is 26.8 Å². The highest BCUT2D eigenvalue weighted by atomic mass is 32.2. The summed E-state index contributed by atoms with van der Waals surface area (Å²) in [5, 5.41) is 23.8. The third kappa shape index (κ3) is 6.41. The third-order valence-corrected chi connectivity index (χ3v) is 10.8. The van der Waals surface area contributed by atoms with Crippen molar-refractivity contribution in [2.75, 3.05) is 4.31 Å². The molecule has 0 aromatic heterocycles. The molecule has 3 N–H and O–H groups in total. The summed E-state index contributed by atoms with van der Waals surface area (Å²) in [6.45, 7) is 4.42. The van der Waals surface area contributed by atoms with E-state index in [-0.39, 0.29) is 46.8 Å². The van der Waals surface area contributed by atoms with E-state index in [1.165, 1.54) is 25.1 Å². The number of sulfonamides is 1. The lowest BCUT2D eigenvalue weighted by Gasteiger charge is -2.43. The number of carbonyl (C=O) groups excluding carboxylic acids is 2. The second kappa shape index (κ2) is 12.5. The molecule has 0 spiro atoms. The summed E-state index contributed by atoms with van der Waals surface area (Å²) in [6.07, 6.45) is -15.0. The van der Waals surface area contributed by atoms with Crippen LogP contribution in [0.15, 0.2) is 65.6 Å². The fourth-order valence-corrected chi connectivity index (χ4v) is 7.92. The Kier molecular flexibility index (Phi) is 9.28. The smallest absolute Gasteiger partial charge is 0.430 e. The average Bonchev–Trinajstić information content (AvgIpc) is 3.01. The minimum Gasteiger partial charge on any atom is -0.485 e. The molecule has 0 radical (unpaired) electrons. The number of halogens is 7. The number of amides is 1. The van der Waals surface area contributed by atoms with Crippen LogP contribution >= 0.6 is 0 Å². The molecule has 0 saturated heterocycles. The van der Waals surface area contributed by atoms with Crippen molar-refractivity contribution in [1.29, 1.82) is 0 Å². The Bertz CT molecular complexity index is 1920. The fraction of sp³-hybridized carbons (Fsp3) is 0.394. The molecule has 50 heavy (non-hydrogen) atoms. The second-order valence-corrected chi connectivity index (χ2v) is 14.5. The van der Waals surface area contributed by atoms with Gasteiger partial charge in [0.25, 0.3) is 15.6 Å². The number of ketones is 1. The number of hydrogen-bond acceptors (Lipinski definition) is 7. The largest absolute Gasteiger partial charge is 0.485 e. The first-order valence-electron chi connectivity index (χ1n) is 15.1. The number of anilines is 1. The number of Topliss-reactive ketones (excluding diaryl/α,β-unsaturated/α-hetero) is 1. The predicted molar refractivity (Wildman–Crippen MR) is 163 cm³/mol. The maximum atomic E-state index is 14.0. The van der Waals surface area contributed by atoms with Crippen LogP contribution in [0.5, 0.6) is 5.75 Å². The lowest BCUT2D eigenvalue weighted by atomic mass is 9.85. The summed E-state index contributed by atoms with van der Waals surface area (Å²) in [7, 11) is -4.75. The molecule has 0 saturated carbocycles. The number of nitrogens with zero attached hydrogens (tertiary/aromatic N) is 1. The van der Waals surface area contributed by atoms with Crippen molar-refractivity contribution in [3.63, 3.8) is 0 Å². The third-order valence-electron chi connectivity index (χ3n) is 8.89. The van der Waals surface area contributed by atoms with Gasteiger partial charge in [0.2, 0.25) is 5.91 Å². The minimum atomic E-state index is -6.19. The number of rotatable bonds is 7. The molecule has 5 rings (SSSR count). The van der Waals surface area contributed by atoms with Crippen molar-refractivity contribution in [2.45, 2.75) is 86.7 Å². The molecule has 3 aromatic carbocycles. The number of ether oxygens (including phenoxy) is 1. The van der Waals surface area contributed by atoms with E-state index in [2.05, 4.69) is 5.32 Å². The summed E-state index contributed by atoms with van der Waals surface area (Å²) in [5.74, 6) is -1.66. The topological polar surface area (TPSA) is 133 Å². The Morgan fingerprint density at radius 1 is 0.980 bits per heavy atom. The van der Waals surface area contributed by atoms with Gasteiger partial charge < -0.3 is 20.3 Å². The second-order valence-electron chi connectivity index (χ2n) is 12.7. The maximum absolute atomic E-state index is 14.0. The van der Waals surface area contributed by atoms with Crippen LogP contribution in [0.1, 0.15) is 66.7 Å². The van der Waals surface area contributed by atoms with E-state index in [1.807, 2.05) is 0 Å². The van der Waals surface area contributed by atoms with Crippen LogP contribution in [0.3, 0.4) is 0 Å². The number of hydrogen-bond donors (Lipinski definition) is 3. The molecular formula is C33H31F7N2O7S. The first-order valence-corrected chi connectivity index (χ1v) is 16.5. The zero-order chi connectivity index (χ0) is 37.2. The zero-order valence-electron chi connectivity index (χ0n) is 26.6. The highest BCUT2D eigenvalue weighted by molar-refractivity contribution is 7.92. The van der Waals surface area contributed by atoms with E-state index < -0.39 is 80.4 Å². The molecule has 17 heteroatoms. The number of alkyl halides is 6. The molecule has 3 atom stereocenters. The van der Waals surface area contributed by atoms with E-state index in [1.54, 1.807) is 13.8 Å². The summed E-state index contributed by atoms with van der Waals surface area (Å²) in [6, 6.07) is 6.88. The SMILES string of the molecule is CC(=O)c1ccc2c(c1)[C@@H](NC(=O)C[C@@H]1CCc3cc(C(O)(C(F)(F)F)C(F)(F)F)ccc3N1S(=O)(=O)c1ccc(F)cc1)[C@H](O)C(C)(C)O2. The van der Waals surface area contributed by atoms with Gasteiger partial charge in [0, 0.05) is 23.1 Å². The Morgan fingerprint density at radius 2 is 1.60 bits per heavy atom. The summed E-state index contributed by atoms with van der Waals surface area (Å²) in [4.78, 5) is 25.2. The molecule has 3 aromatic rings. The number of aliphatic hydroxyl groups excluding tert-OH is 1. The van der Waals surface area contributed by atoms with Crippen LogP contribution in [0.4, 0.5) is 36.4 Å². The molecule has 1 amide bonds. The zero-order valence-corrected chi connectivity index (χ0v) is 27.4. The van der Waals surface area contributed by atoms with Gasteiger partial charge in [-0.25, -0.2) is 12.8 Å². The Labute approximate surface area is 281 Å². The van der Waals surface area contributed by atoms with Crippen molar-refractivity contribution < 1.29 is 63.7 Å². The molecule has 2 heterocycles. The fourth-order valence-electron chi connectivity index (χ4n) is 6.20. The van der Waals surface area contributed by atoms with Crippen molar-refractivity contribution >= 4 is 27.4 Å². The highest BCUT2D eigenvalue weighted by Gasteiger charge is 2.71. The molecule has 270 valence electrons. The number of fused-ring (bicyclic) bond motifs is 2. The molecule has 0 fully saturated rings. The number of carbonyl (C=O) groups is 2. The van der Waals surface area contributed by atoms with Crippen molar-refractivity contribution in [3.05, 3.63) is 88.7 Å². The van der Waals surface area contributed by atoms with Gasteiger partial charge in [-0.15, -0.1) is 0 Å². The lowest BCUT2D eigenvalue weighted by molar-refractivity contribution is -0.376. The first-order chi connectivity index (χ1) is 23.0. The molecule has 0 aliphatic carbocycles. The molecule has 0 unspecified atom stereocenters. The standard InChI is InChI=1S/C33H31F7N2O7S/c1-17(43)18-5-13-26-24(15-18)28(29(45)30(2,3)49-26)41-27(44)16-22-9-4-19-14-20(31(46,32(35,36)37)33(38,39)40)6-12-25(19)42(22)50(47,48)23-10-7-21(34)8-11-23/h5-8,10-15,22,28-29,45-46H,4,9,16H2,1-3H3,(H,41,44)/t22-,28+,29-/m0/s1. The van der Waals surface area contributed by atoms with Crippen molar-refractivity contribution in [2.24, 2.45) is 0 Å².